The van der Waals surface area contributed by atoms with E-state index in [4.69, 9.17) is 29.0 Å². The van der Waals surface area contributed by atoms with Gasteiger partial charge in [-0.15, -0.1) is 0 Å². The van der Waals surface area contributed by atoms with Crippen LogP contribution in [0.5, 0.6) is 0 Å². The number of rotatable bonds is 5. The number of alkyl halides is 6. The molecule has 3 aliphatic rings. The molecule has 0 spiro atoms. The number of nitrogens with zero attached hydrogens (tertiary/aromatic N) is 2. The predicted molar refractivity (Wildman–Crippen MR) is 104 cm³/mol. The third-order valence-electron chi connectivity index (χ3n) is 5.37. The van der Waals surface area contributed by atoms with Crippen LogP contribution >= 0.6 is 0 Å². The Balaban J connectivity index is 0.000000244. The lowest BCUT2D eigenvalue weighted by atomic mass is 10.1. The minimum atomic E-state index is -5.08. The van der Waals surface area contributed by atoms with E-state index in [2.05, 4.69) is 15.9 Å². The summed E-state index contributed by atoms with van der Waals surface area (Å²) < 4.78 is 75.0. The molecule has 2 unspecified atom stereocenters. The van der Waals surface area contributed by atoms with Crippen LogP contribution < -0.4 is 0 Å². The van der Waals surface area contributed by atoms with E-state index in [1.807, 2.05) is 6.07 Å². The molecule has 8 nitrogen and oxygen atoms in total. The van der Waals surface area contributed by atoms with E-state index < -0.39 is 24.3 Å². The molecule has 194 valence electrons. The third-order valence-corrected chi connectivity index (χ3v) is 5.37. The molecule has 1 saturated carbocycles. The van der Waals surface area contributed by atoms with Crippen LogP contribution in [-0.4, -0.2) is 89.2 Å². The first-order valence-corrected chi connectivity index (χ1v) is 10.5. The Kier molecular flexibility index (Phi) is 9.76. The fourth-order valence-electron chi connectivity index (χ4n) is 3.50. The van der Waals surface area contributed by atoms with Crippen LogP contribution in [0.3, 0.4) is 0 Å². The number of hydrogen-bond acceptors (Lipinski definition) is 6. The van der Waals surface area contributed by atoms with E-state index in [0.717, 1.165) is 44.5 Å². The quantitative estimate of drug-likeness (QED) is 0.590. The number of aliphatic carboxylic acids is 2. The van der Waals surface area contributed by atoms with Gasteiger partial charge in [0.05, 0.1) is 18.9 Å². The highest BCUT2D eigenvalue weighted by Crippen LogP contribution is 2.31. The van der Waals surface area contributed by atoms with Gasteiger partial charge in [0.1, 0.15) is 5.76 Å². The van der Waals surface area contributed by atoms with Crippen molar-refractivity contribution in [1.29, 1.82) is 0 Å². The molecule has 0 aromatic carbocycles. The van der Waals surface area contributed by atoms with Crippen molar-refractivity contribution < 1.29 is 55.3 Å². The number of carbonyl (C=O) groups is 2. The Labute approximate surface area is 191 Å². The van der Waals surface area contributed by atoms with Crippen molar-refractivity contribution in [2.75, 3.05) is 32.8 Å². The fraction of sp³-hybridized carbons (Fsp3) is 0.700. The fourth-order valence-corrected chi connectivity index (χ4v) is 3.50. The second-order valence-electron chi connectivity index (χ2n) is 8.20. The van der Waals surface area contributed by atoms with E-state index >= 15 is 0 Å². The van der Waals surface area contributed by atoms with Gasteiger partial charge in [0, 0.05) is 38.8 Å². The highest BCUT2D eigenvalue weighted by Gasteiger charge is 2.39. The summed E-state index contributed by atoms with van der Waals surface area (Å²) in [4.78, 5) is 22.9. The molecule has 1 aliphatic carbocycles. The molecule has 2 saturated heterocycles. The van der Waals surface area contributed by atoms with E-state index in [1.165, 1.54) is 25.8 Å². The number of ether oxygens (including phenoxy) is 1. The molecule has 1 aromatic heterocycles. The Morgan fingerprint density at radius 2 is 1.62 bits per heavy atom. The van der Waals surface area contributed by atoms with Gasteiger partial charge in [-0.3, -0.25) is 9.80 Å². The van der Waals surface area contributed by atoms with Crippen molar-refractivity contribution in [3.8, 4) is 0 Å². The smallest absolute Gasteiger partial charge is 0.475 e. The van der Waals surface area contributed by atoms with Crippen molar-refractivity contribution in [3.63, 3.8) is 0 Å². The Hall–Kier alpha value is -2.32. The van der Waals surface area contributed by atoms with Crippen molar-refractivity contribution in [3.05, 3.63) is 24.2 Å². The first kappa shape index (κ1) is 27.9. The largest absolute Gasteiger partial charge is 0.490 e. The van der Waals surface area contributed by atoms with Gasteiger partial charge in [0.25, 0.3) is 0 Å². The predicted octanol–water partition coefficient (Wildman–Crippen LogP) is 3.23. The lowest BCUT2D eigenvalue weighted by Crippen LogP contribution is -2.49. The number of carboxylic acids is 2. The zero-order valence-electron chi connectivity index (χ0n) is 18.0. The number of carboxylic acid groups (broad SMARTS) is 2. The molecule has 0 bridgehead atoms. The molecule has 0 radical (unpaired) electrons. The maximum absolute atomic E-state index is 10.6. The summed E-state index contributed by atoms with van der Waals surface area (Å²) in [5.74, 6) is -3.55. The molecule has 3 fully saturated rings. The first-order valence-electron chi connectivity index (χ1n) is 10.5. The van der Waals surface area contributed by atoms with Gasteiger partial charge in [0.2, 0.25) is 0 Å². The molecular weight excluding hydrogens is 478 g/mol. The molecule has 4 rings (SSSR count). The van der Waals surface area contributed by atoms with Crippen LogP contribution in [0.25, 0.3) is 0 Å². The van der Waals surface area contributed by atoms with Gasteiger partial charge in [-0.05, 0) is 37.3 Å². The van der Waals surface area contributed by atoms with Gasteiger partial charge in [-0.1, -0.05) is 0 Å². The number of halogens is 6. The van der Waals surface area contributed by atoms with Gasteiger partial charge in [-0.25, -0.2) is 9.59 Å². The van der Waals surface area contributed by atoms with Crippen LogP contribution in [0.2, 0.25) is 0 Å². The topological polar surface area (TPSA) is 103 Å². The number of fused-ring (bicyclic) bond motifs is 1. The summed E-state index contributed by atoms with van der Waals surface area (Å²) in [6.45, 7) is 6.57. The Bertz CT molecular complexity index is 758. The SMILES string of the molecule is O=C(O)C(F)(F)F.O=C(O)C(F)(F)F.c1coc(CN2CCN3CC(OCC4CC4)CC3C2)c1. The first-order chi connectivity index (χ1) is 15.8. The van der Waals surface area contributed by atoms with E-state index in [1.54, 1.807) is 6.26 Å². The van der Waals surface area contributed by atoms with Gasteiger partial charge >= 0.3 is 24.3 Å². The zero-order valence-corrected chi connectivity index (χ0v) is 18.0. The van der Waals surface area contributed by atoms with E-state index in [0.29, 0.717) is 12.1 Å². The zero-order chi connectivity index (χ0) is 25.5. The normalized spacial score (nSPS) is 23.2. The minimum Gasteiger partial charge on any atom is -0.475 e. The van der Waals surface area contributed by atoms with Crippen molar-refractivity contribution >= 4 is 11.9 Å². The van der Waals surface area contributed by atoms with Crippen molar-refractivity contribution in [2.45, 2.75) is 50.3 Å². The van der Waals surface area contributed by atoms with Crippen LogP contribution in [0, 0.1) is 5.92 Å². The highest BCUT2D eigenvalue weighted by atomic mass is 19.4. The van der Waals surface area contributed by atoms with E-state index in [9.17, 15) is 26.3 Å². The van der Waals surface area contributed by atoms with Crippen molar-refractivity contribution in [2.24, 2.45) is 5.92 Å². The maximum atomic E-state index is 10.6. The molecule has 1 aromatic rings. The maximum Gasteiger partial charge on any atom is 0.490 e. The molecule has 3 heterocycles. The Morgan fingerprint density at radius 1 is 1.03 bits per heavy atom. The molecule has 14 heteroatoms. The average Bonchev–Trinajstić information content (AvgIpc) is 3.24. The van der Waals surface area contributed by atoms with Crippen LogP contribution in [0.1, 0.15) is 25.0 Å². The van der Waals surface area contributed by atoms with Gasteiger partial charge in [0.15, 0.2) is 0 Å². The number of furan rings is 1. The molecule has 2 atom stereocenters. The molecule has 2 aliphatic heterocycles. The summed E-state index contributed by atoms with van der Waals surface area (Å²) in [5, 5.41) is 14.2. The number of hydrogen-bond donors (Lipinski definition) is 2. The standard InChI is InChI=1S/C16H24N2O2.2C2HF3O2/c1-2-15(19-7-1)10-17-5-6-18-11-16(8-14(18)9-17)20-12-13-3-4-13;2*3-2(4,5)1(6)7/h1-2,7,13-14,16H,3-6,8-12H2;2*(H,6,7). The minimum absolute atomic E-state index is 0.476. The summed E-state index contributed by atoms with van der Waals surface area (Å²) in [7, 11) is 0. The number of piperazine rings is 1. The molecular formula is C20H26F6N2O6. The average molecular weight is 504 g/mol. The highest BCUT2D eigenvalue weighted by molar-refractivity contribution is 5.73. The molecule has 34 heavy (non-hydrogen) atoms. The lowest BCUT2D eigenvalue weighted by molar-refractivity contribution is -0.193. The molecule has 2 N–H and O–H groups in total. The summed E-state index contributed by atoms with van der Waals surface area (Å²) in [6, 6.07) is 4.73. The lowest BCUT2D eigenvalue weighted by Gasteiger charge is -2.36. The van der Waals surface area contributed by atoms with Crippen LogP contribution in [0.4, 0.5) is 26.3 Å². The third kappa shape index (κ3) is 9.89. The molecule has 0 amide bonds. The van der Waals surface area contributed by atoms with Crippen LogP contribution in [-0.2, 0) is 20.9 Å². The Morgan fingerprint density at radius 3 is 2.09 bits per heavy atom. The monoisotopic (exact) mass is 504 g/mol. The van der Waals surface area contributed by atoms with Gasteiger partial charge in [-0.2, -0.15) is 26.3 Å². The van der Waals surface area contributed by atoms with Gasteiger partial charge < -0.3 is 19.4 Å². The van der Waals surface area contributed by atoms with Crippen molar-refractivity contribution in [1.82, 2.24) is 9.80 Å². The summed E-state index contributed by atoms with van der Waals surface area (Å²) in [5.41, 5.74) is 0. The second kappa shape index (κ2) is 11.9. The van der Waals surface area contributed by atoms with Crippen LogP contribution in [0.15, 0.2) is 22.8 Å². The summed E-state index contributed by atoms with van der Waals surface area (Å²) in [6.07, 6.45) is -3.94. The second-order valence-corrected chi connectivity index (χ2v) is 8.20. The summed E-state index contributed by atoms with van der Waals surface area (Å²) >= 11 is 0. The van der Waals surface area contributed by atoms with E-state index in [-0.39, 0.29) is 0 Å².